The number of rotatable bonds is 6. The third kappa shape index (κ3) is 5.25. The average Bonchev–Trinajstić information content (AvgIpc) is 3.50. The van der Waals surface area contributed by atoms with Crippen LogP contribution in [-0.2, 0) is 9.59 Å². The van der Waals surface area contributed by atoms with Gasteiger partial charge in [-0.1, -0.05) is 80.9 Å². The summed E-state index contributed by atoms with van der Waals surface area (Å²) in [6, 6.07) is 19.0. The number of hydrogen-bond acceptors (Lipinski definition) is 4. The molecule has 3 aromatic rings. The van der Waals surface area contributed by atoms with E-state index in [4.69, 9.17) is 11.6 Å². The lowest BCUT2D eigenvalue weighted by molar-refractivity contribution is -0.142. The lowest BCUT2D eigenvalue weighted by atomic mass is 9.77. The van der Waals surface area contributed by atoms with E-state index in [1.165, 1.54) is 11.3 Å². The number of carbonyl (C=O) groups excluding carboxylic acids is 3. The highest BCUT2D eigenvalue weighted by Gasteiger charge is 2.57. The van der Waals surface area contributed by atoms with Crippen molar-refractivity contribution >= 4 is 40.5 Å². The molecule has 0 radical (unpaired) electrons. The van der Waals surface area contributed by atoms with Crippen molar-refractivity contribution in [3.05, 3.63) is 93.1 Å². The molecule has 1 fully saturated rings. The van der Waals surface area contributed by atoms with Crippen LogP contribution in [0.4, 0.5) is 0 Å². The number of ketones is 1. The maximum Gasteiger partial charge on any atom is 0.243 e. The highest BCUT2D eigenvalue weighted by Crippen LogP contribution is 2.52. The van der Waals surface area contributed by atoms with Crippen LogP contribution >= 0.6 is 22.9 Å². The standard InChI is InChI=1S/C29H31ClN2O3S/c1-29(2,3)17-22(33)32-25(19-9-6-5-7-10-19)24(27(34)21-11-8-16-36-21)23(26(32)28(35)31-4)18-12-14-20(30)15-13-18/h5-16,23-26H,17H2,1-4H3,(H,31,35). The smallest absolute Gasteiger partial charge is 0.243 e. The second-order valence-electron chi connectivity index (χ2n) is 10.4. The molecule has 7 heteroatoms. The number of hydrogen-bond donors (Lipinski definition) is 1. The van der Waals surface area contributed by atoms with Crippen LogP contribution in [0.1, 0.15) is 60.0 Å². The van der Waals surface area contributed by atoms with E-state index < -0.39 is 23.9 Å². The van der Waals surface area contributed by atoms with Gasteiger partial charge in [0.05, 0.1) is 16.8 Å². The molecule has 0 spiro atoms. The minimum atomic E-state index is -0.856. The zero-order chi connectivity index (χ0) is 26.0. The van der Waals surface area contributed by atoms with Gasteiger partial charge < -0.3 is 10.2 Å². The van der Waals surface area contributed by atoms with Crippen molar-refractivity contribution in [3.63, 3.8) is 0 Å². The number of nitrogens with zero attached hydrogens (tertiary/aromatic N) is 1. The van der Waals surface area contributed by atoms with Crippen LogP contribution in [0.2, 0.25) is 5.02 Å². The van der Waals surface area contributed by atoms with E-state index in [-0.39, 0.29) is 29.4 Å². The Kier molecular flexibility index (Phi) is 7.67. The second-order valence-corrected chi connectivity index (χ2v) is 11.8. The molecule has 4 rings (SSSR count). The summed E-state index contributed by atoms with van der Waals surface area (Å²) in [5.41, 5.74) is 1.34. The van der Waals surface area contributed by atoms with Crippen molar-refractivity contribution < 1.29 is 14.4 Å². The first-order valence-electron chi connectivity index (χ1n) is 12.0. The number of amides is 2. The van der Waals surface area contributed by atoms with E-state index in [0.29, 0.717) is 9.90 Å². The molecule has 1 aliphatic rings. The molecule has 1 aromatic heterocycles. The van der Waals surface area contributed by atoms with Gasteiger partial charge in [0.25, 0.3) is 0 Å². The van der Waals surface area contributed by atoms with Gasteiger partial charge in [-0.15, -0.1) is 11.3 Å². The van der Waals surface area contributed by atoms with Crippen LogP contribution in [0.5, 0.6) is 0 Å². The van der Waals surface area contributed by atoms with Crippen molar-refractivity contribution in [1.29, 1.82) is 0 Å². The van der Waals surface area contributed by atoms with E-state index in [1.807, 2.05) is 80.7 Å². The number of likely N-dealkylation sites (N-methyl/N-ethyl adjacent to an activating group) is 1. The summed E-state index contributed by atoms with van der Waals surface area (Å²) < 4.78 is 0. The third-order valence-electron chi connectivity index (χ3n) is 6.61. The first kappa shape index (κ1) is 26.1. The first-order chi connectivity index (χ1) is 17.1. The lowest BCUT2D eigenvalue weighted by Gasteiger charge is -2.33. The summed E-state index contributed by atoms with van der Waals surface area (Å²) >= 11 is 7.57. The summed E-state index contributed by atoms with van der Waals surface area (Å²) in [7, 11) is 1.57. The average molecular weight is 523 g/mol. The molecule has 0 saturated carbocycles. The molecule has 0 aliphatic carbocycles. The van der Waals surface area contributed by atoms with Crippen LogP contribution < -0.4 is 5.32 Å². The van der Waals surface area contributed by atoms with Crippen molar-refractivity contribution in [2.24, 2.45) is 11.3 Å². The second kappa shape index (κ2) is 10.6. The number of Topliss-reactive ketones (excluding diaryl/α,β-unsaturated/α-hetero) is 1. The Hall–Kier alpha value is -2.96. The Morgan fingerprint density at radius 1 is 0.944 bits per heavy atom. The fourth-order valence-electron chi connectivity index (χ4n) is 5.19. The van der Waals surface area contributed by atoms with Gasteiger partial charge in [0.1, 0.15) is 6.04 Å². The van der Waals surface area contributed by atoms with E-state index in [1.54, 1.807) is 24.1 Å². The van der Waals surface area contributed by atoms with Gasteiger partial charge in [0.2, 0.25) is 11.8 Å². The molecule has 5 nitrogen and oxygen atoms in total. The van der Waals surface area contributed by atoms with Gasteiger partial charge in [-0.25, -0.2) is 0 Å². The predicted molar refractivity (Wildman–Crippen MR) is 144 cm³/mol. The highest BCUT2D eigenvalue weighted by molar-refractivity contribution is 7.12. The molecular weight excluding hydrogens is 492 g/mol. The SMILES string of the molecule is CNC(=O)C1C(c2ccc(Cl)cc2)C(C(=O)c2cccs2)C(c2ccccc2)N1C(=O)CC(C)(C)C. The molecular formula is C29H31ClN2O3S. The number of thiophene rings is 1. The van der Waals surface area contributed by atoms with Crippen LogP contribution in [0.3, 0.4) is 0 Å². The van der Waals surface area contributed by atoms with E-state index in [2.05, 4.69) is 5.32 Å². The number of carbonyl (C=O) groups is 3. The zero-order valence-corrected chi connectivity index (χ0v) is 22.5. The topological polar surface area (TPSA) is 66.5 Å². The first-order valence-corrected chi connectivity index (χ1v) is 13.3. The number of benzene rings is 2. The quantitative estimate of drug-likeness (QED) is 0.397. The number of halogens is 1. The summed E-state index contributed by atoms with van der Waals surface area (Å²) in [4.78, 5) is 44.0. The van der Waals surface area contributed by atoms with E-state index in [9.17, 15) is 14.4 Å². The van der Waals surface area contributed by atoms with Gasteiger partial charge in [0.15, 0.2) is 5.78 Å². The van der Waals surface area contributed by atoms with Crippen molar-refractivity contribution in [3.8, 4) is 0 Å². The maximum atomic E-state index is 14.2. The largest absolute Gasteiger partial charge is 0.357 e. The zero-order valence-electron chi connectivity index (χ0n) is 20.9. The van der Waals surface area contributed by atoms with E-state index in [0.717, 1.165) is 11.1 Å². The maximum absolute atomic E-state index is 14.2. The third-order valence-corrected chi connectivity index (χ3v) is 7.75. The molecule has 36 heavy (non-hydrogen) atoms. The van der Waals surface area contributed by atoms with E-state index >= 15 is 0 Å². The molecule has 1 aliphatic heterocycles. The monoisotopic (exact) mass is 522 g/mol. The number of nitrogens with one attached hydrogen (secondary N) is 1. The minimum absolute atomic E-state index is 0.0706. The Labute approximate surface area is 221 Å². The predicted octanol–water partition coefficient (Wildman–Crippen LogP) is 6.12. The van der Waals surface area contributed by atoms with Crippen molar-refractivity contribution in [2.75, 3.05) is 7.05 Å². The van der Waals surface area contributed by atoms with Crippen LogP contribution in [0.15, 0.2) is 72.1 Å². The van der Waals surface area contributed by atoms with Gasteiger partial charge in [-0.05, 0) is 40.1 Å². The summed E-state index contributed by atoms with van der Waals surface area (Å²) in [5, 5.41) is 5.20. The van der Waals surface area contributed by atoms with Crippen LogP contribution in [-0.4, -0.2) is 35.6 Å². The lowest BCUT2D eigenvalue weighted by Crippen LogP contribution is -2.48. The fraction of sp³-hybridized carbons (Fsp3) is 0.345. The Morgan fingerprint density at radius 3 is 2.17 bits per heavy atom. The van der Waals surface area contributed by atoms with Crippen molar-refractivity contribution in [2.45, 2.75) is 45.2 Å². The number of likely N-dealkylation sites (tertiary alicyclic amines) is 1. The Morgan fingerprint density at radius 2 is 1.61 bits per heavy atom. The van der Waals surface area contributed by atoms with Gasteiger partial charge in [-0.3, -0.25) is 14.4 Å². The van der Waals surface area contributed by atoms with Gasteiger partial charge >= 0.3 is 0 Å². The van der Waals surface area contributed by atoms with Gasteiger partial charge in [0, 0.05) is 24.4 Å². The molecule has 2 amide bonds. The van der Waals surface area contributed by atoms with Gasteiger partial charge in [-0.2, -0.15) is 0 Å². The van der Waals surface area contributed by atoms with Crippen LogP contribution in [0.25, 0.3) is 0 Å². The molecule has 4 atom stereocenters. The molecule has 2 aromatic carbocycles. The molecule has 1 N–H and O–H groups in total. The summed E-state index contributed by atoms with van der Waals surface area (Å²) in [6.07, 6.45) is 0.247. The molecule has 2 heterocycles. The summed E-state index contributed by atoms with van der Waals surface area (Å²) in [6.45, 7) is 6.00. The van der Waals surface area contributed by atoms with Crippen molar-refractivity contribution in [1.82, 2.24) is 10.2 Å². The Bertz CT molecular complexity index is 1220. The normalized spacial score (nSPS) is 21.9. The molecule has 4 unspecified atom stereocenters. The molecule has 1 saturated heterocycles. The fourth-order valence-corrected chi connectivity index (χ4v) is 6.03. The molecule has 188 valence electrons. The summed E-state index contributed by atoms with van der Waals surface area (Å²) in [5.74, 6) is -1.71. The highest BCUT2D eigenvalue weighted by atomic mass is 35.5. The Balaban J connectivity index is 1.98. The minimum Gasteiger partial charge on any atom is -0.357 e. The van der Waals surface area contributed by atoms with Crippen LogP contribution in [0, 0.1) is 11.3 Å². The molecule has 0 bridgehead atoms.